The normalized spacial score (nSPS) is 12.0. The average molecular weight is 697 g/mol. The Morgan fingerprint density at radius 2 is 0.673 bits per heavy atom. The molecule has 0 radical (unpaired) electrons. The van der Waals surface area contributed by atoms with E-state index in [1.807, 2.05) is 0 Å². The molecule has 0 amide bonds. The van der Waals surface area contributed by atoms with Gasteiger partial charge in [0.25, 0.3) is 0 Å². The van der Waals surface area contributed by atoms with Gasteiger partial charge in [-0.1, -0.05) is 164 Å². The zero-order valence-electron chi connectivity index (χ0n) is 29.9. The van der Waals surface area contributed by atoms with Gasteiger partial charge in [-0.25, -0.2) is 0 Å². The van der Waals surface area contributed by atoms with E-state index in [1.165, 1.54) is 98.0 Å². The molecule has 0 aliphatic heterocycles. The van der Waals surface area contributed by atoms with Crippen LogP contribution in [-0.4, -0.2) is 0 Å². The van der Waals surface area contributed by atoms with E-state index in [0.29, 0.717) is 0 Å². The molecule has 254 valence electrons. The summed E-state index contributed by atoms with van der Waals surface area (Å²) in [5, 5.41) is 17.2. The van der Waals surface area contributed by atoms with E-state index < -0.39 is 0 Å². The molecule has 0 atom stereocenters. The number of benzene rings is 11. The highest BCUT2D eigenvalue weighted by atomic mass is 16.3. The third-order valence-corrected chi connectivity index (χ3v) is 11.8. The summed E-state index contributed by atoms with van der Waals surface area (Å²) < 4.78 is 6.48. The quantitative estimate of drug-likeness (QED) is 0.168. The molecular weight excluding hydrogens is 665 g/mol. The van der Waals surface area contributed by atoms with Crippen molar-refractivity contribution in [1.82, 2.24) is 0 Å². The lowest BCUT2D eigenvalue weighted by Crippen LogP contribution is -1.93. The second-order valence-electron chi connectivity index (χ2n) is 14.8. The monoisotopic (exact) mass is 696 g/mol. The van der Waals surface area contributed by atoms with E-state index >= 15 is 0 Å². The lowest BCUT2D eigenvalue weighted by molar-refractivity contribution is 0.670. The lowest BCUT2D eigenvalue weighted by Gasteiger charge is -2.20. The summed E-state index contributed by atoms with van der Waals surface area (Å²) in [6.07, 6.45) is 0. The van der Waals surface area contributed by atoms with Gasteiger partial charge in [-0.05, 0) is 128 Å². The van der Waals surface area contributed by atoms with E-state index in [9.17, 15) is 0 Å². The fraction of sp³-hybridized carbons (Fsp3) is 0. The summed E-state index contributed by atoms with van der Waals surface area (Å²) in [4.78, 5) is 0. The van der Waals surface area contributed by atoms with Crippen LogP contribution >= 0.6 is 0 Å². The van der Waals surface area contributed by atoms with Crippen molar-refractivity contribution in [2.24, 2.45) is 0 Å². The minimum absolute atomic E-state index is 0.917. The van der Waals surface area contributed by atoms with Crippen molar-refractivity contribution in [3.8, 4) is 33.4 Å². The molecule has 0 aliphatic carbocycles. The van der Waals surface area contributed by atoms with Gasteiger partial charge < -0.3 is 4.42 Å². The van der Waals surface area contributed by atoms with E-state index in [4.69, 9.17) is 4.42 Å². The fourth-order valence-electron chi connectivity index (χ4n) is 9.29. The second-order valence-corrected chi connectivity index (χ2v) is 14.8. The predicted molar refractivity (Wildman–Crippen MR) is 235 cm³/mol. The minimum atomic E-state index is 0.917. The Morgan fingerprint density at radius 3 is 1.31 bits per heavy atom. The van der Waals surface area contributed by atoms with Gasteiger partial charge in [0.2, 0.25) is 0 Å². The standard InChI is InChI=1S/C54H32O/c1-2-14-35-31-51-49(29-34(35)13-1)50-30-36-24-25-37(28-38(36)32-52(50)55-51)40-26-27-48(42-18-6-5-17-41(40)42)54-46-21-9-7-19-44(46)53(45-20-8-10-22-47(45)54)43-23-11-15-33-12-3-4-16-39(33)43/h1-32H. The average Bonchev–Trinajstić information content (AvgIpc) is 3.59. The number of rotatable bonds is 3. The highest BCUT2D eigenvalue weighted by molar-refractivity contribution is 6.26. The summed E-state index contributed by atoms with van der Waals surface area (Å²) in [5.74, 6) is 0. The maximum absolute atomic E-state index is 6.48. The Bertz CT molecular complexity index is 3490. The fourth-order valence-corrected chi connectivity index (χ4v) is 9.29. The first kappa shape index (κ1) is 30.3. The SMILES string of the molecule is c1ccc2cc3c(cc2c1)oc1cc2cc(-c4ccc(-c5c6ccccc6c(-c6cccc7ccccc67)c6ccccc56)c5ccccc45)ccc2cc13. The first-order chi connectivity index (χ1) is 27.3. The predicted octanol–water partition coefficient (Wildman–Crippen LogP) is 15.5. The van der Waals surface area contributed by atoms with Crippen LogP contribution in [0.4, 0.5) is 0 Å². The molecule has 12 rings (SSSR count). The van der Waals surface area contributed by atoms with E-state index in [1.54, 1.807) is 0 Å². The van der Waals surface area contributed by atoms with Gasteiger partial charge in [-0.3, -0.25) is 0 Å². The molecule has 0 spiro atoms. The van der Waals surface area contributed by atoms with Gasteiger partial charge in [0.15, 0.2) is 0 Å². The molecule has 0 aliphatic rings. The minimum Gasteiger partial charge on any atom is -0.456 e. The Hall–Kier alpha value is -7.22. The molecule has 55 heavy (non-hydrogen) atoms. The van der Waals surface area contributed by atoms with Gasteiger partial charge in [-0.2, -0.15) is 0 Å². The molecule has 0 N–H and O–H groups in total. The Morgan fingerprint density at radius 1 is 0.236 bits per heavy atom. The maximum atomic E-state index is 6.48. The second kappa shape index (κ2) is 11.6. The van der Waals surface area contributed by atoms with Crippen LogP contribution in [0.15, 0.2) is 199 Å². The van der Waals surface area contributed by atoms with Crippen molar-refractivity contribution < 1.29 is 4.42 Å². The summed E-state index contributed by atoms with van der Waals surface area (Å²) in [6.45, 7) is 0. The number of furan rings is 1. The first-order valence-corrected chi connectivity index (χ1v) is 19.0. The first-order valence-electron chi connectivity index (χ1n) is 19.0. The molecule has 0 saturated carbocycles. The van der Waals surface area contributed by atoms with Crippen molar-refractivity contribution in [1.29, 1.82) is 0 Å². The van der Waals surface area contributed by atoms with E-state index in [0.717, 1.165) is 21.9 Å². The third kappa shape index (κ3) is 4.54. The molecule has 1 aromatic heterocycles. The zero-order valence-corrected chi connectivity index (χ0v) is 29.9. The molecule has 12 aromatic rings. The van der Waals surface area contributed by atoms with Gasteiger partial charge in [0.1, 0.15) is 11.2 Å². The van der Waals surface area contributed by atoms with Crippen molar-refractivity contribution in [3.63, 3.8) is 0 Å². The largest absolute Gasteiger partial charge is 0.456 e. The summed E-state index contributed by atoms with van der Waals surface area (Å²) >= 11 is 0. The van der Waals surface area contributed by atoms with E-state index in [2.05, 4.69) is 194 Å². The maximum Gasteiger partial charge on any atom is 0.136 e. The summed E-state index contributed by atoms with van der Waals surface area (Å²) in [6, 6.07) is 71.2. The smallest absolute Gasteiger partial charge is 0.136 e. The number of fused-ring (bicyclic) bond motifs is 9. The Kier molecular flexibility index (Phi) is 6.40. The van der Waals surface area contributed by atoms with Crippen LogP contribution in [0, 0.1) is 0 Å². The summed E-state index contributed by atoms with van der Waals surface area (Å²) in [5.41, 5.74) is 9.33. The van der Waals surface area contributed by atoms with Crippen molar-refractivity contribution in [2.75, 3.05) is 0 Å². The molecule has 0 unspecified atom stereocenters. The molecule has 0 fully saturated rings. The molecule has 1 heteroatoms. The number of hydrogen-bond donors (Lipinski definition) is 0. The lowest BCUT2D eigenvalue weighted by atomic mass is 9.83. The van der Waals surface area contributed by atoms with Crippen LogP contribution in [0.2, 0.25) is 0 Å². The highest BCUT2D eigenvalue weighted by Gasteiger charge is 2.20. The van der Waals surface area contributed by atoms with Crippen LogP contribution in [0.1, 0.15) is 0 Å². The molecule has 1 nitrogen and oxygen atoms in total. The van der Waals surface area contributed by atoms with Gasteiger partial charge >= 0.3 is 0 Å². The number of hydrogen-bond acceptors (Lipinski definition) is 1. The van der Waals surface area contributed by atoms with Crippen LogP contribution in [0.3, 0.4) is 0 Å². The van der Waals surface area contributed by atoms with Crippen LogP contribution < -0.4 is 0 Å². The van der Waals surface area contributed by atoms with Crippen molar-refractivity contribution >= 4 is 86.6 Å². The molecule has 11 aromatic carbocycles. The van der Waals surface area contributed by atoms with Crippen LogP contribution in [0.25, 0.3) is 120 Å². The van der Waals surface area contributed by atoms with Crippen LogP contribution in [0.5, 0.6) is 0 Å². The topological polar surface area (TPSA) is 13.1 Å². The van der Waals surface area contributed by atoms with Crippen molar-refractivity contribution in [3.05, 3.63) is 194 Å². The Labute approximate surface area is 317 Å². The van der Waals surface area contributed by atoms with Crippen molar-refractivity contribution in [2.45, 2.75) is 0 Å². The highest BCUT2D eigenvalue weighted by Crippen LogP contribution is 2.47. The van der Waals surface area contributed by atoms with Crippen LogP contribution in [-0.2, 0) is 0 Å². The van der Waals surface area contributed by atoms with Gasteiger partial charge in [-0.15, -0.1) is 0 Å². The molecular formula is C54H32O. The van der Waals surface area contributed by atoms with Gasteiger partial charge in [0.05, 0.1) is 0 Å². The molecule has 0 bridgehead atoms. The Balaban J connectivity index is 1.07. The molecule has 1 heterocycles. The molecule has 0 saturated heterocycles. The van der Waals surface area contributed by atoms with E-state index in [-0.39, 0.29) is 0 Å². The van der Waals surface area contributed by atoms with Gasteiger partial charge in [0, 0.05) is 10.8 Å². The zero-order chi connectivity index (χ0) is 36.0. The third-order valence-electron chi connectivity index (χ3n) is 11.8. The summed E-state index contributed by atoms with van der Waals surface area (Å²) in [7, 11) is 0.